The largest absolute Gasteiger partial charge is 0.369 e. The second-order valence-corrected chi connectivity index (χ2v) is 5.00. The molecule has 1 aromatic rings. The van der Waals surface area contributed by atoms with Crippen LogP contribution in [0.5, 0.6) is 0 Å². The lowest BCUT2D eigenvalue weighted by molar-refractivity contribution is 0.405. The van der Waals surface area contributed by atoms with Crippen LogP contribution in [-0.4, -0.2) is 18.1 Å². The van der Waals surface area contributed by atoms with E-state index in [0.29, 0.717) is 6.54 Å². The van der Waals surface area contributed by atoms with Crippen molar-refractivity contribution >= 4 is 21.7 Å². The van der Waals surface area contributed by atoms with E-state index in [4.69, 9.17) is 5.73 Å². The Morgan fingerprint density at radius 2 is 2.21 bits per heavy atom. The Balaban J connectivity index is 2.50. The van der Waals surface area contributed by atoms with Gasteiger partial charge < -0.3 is 11.1 Å². The summed E-state index contributed by atoms with van der Waals surface area (Å²) in [5.74, 6) is 0.884. The number of rotatable bonds is 4. The van der Waals surface area contributed by atoms with Crippen LogP contribution in [0.25, 0.3) is 0 Å². The third kappa shape index (κ3) is 3.64. The lowest BCUT2D eigenvalue weighted by Crippen LogP contribution is -2.31. The minimum Gasteiger partial charge on any atom is -0.369 e. The minimum atomic E-state index is 0.106. The zero-order valence-electron chi connectivity index (χ0n) is 8.55. The van der Waals surface area contributed by atoms with Crippen LogP contribution < -0.4 is 11.1 Å². The van der Waals surface area contributed by atoms with Crippen LogP contribution in [0.1, 0.15) is 13.8 Å². The molecule has 1 aromatic heterocycles. The summed E-state index contributed by atoms with van der Waals surface area (Å²) < 4.78 is 0.987. The molecule has 0 radical (unpaired) electrons. The Bertz CT molecular complexity index is 282. The van der Waals surface area contributed by atoms with Gasteiger partial charge in [-0.1, -0.05) is 13.8 Å². The first kappa shape index (κ1) is 11.5. The SMILES string of the molecule is CC(C)(CN)CNc1ccc(Br)cn1. The van der Waals surface area contributed by atoms with Crippen molar-refractivity contribution < 1.29 is 0 Å². The van der Waals surface area contributed by atoms with Gasteiger partial charge in [-0.05, 0) is 40.0 Å². The van der Waals surface area contributed by atoms with Crippen molar-refractivity contribution in [1.29, 1.82) is 0 Å². The highest BCUT2D eigenvalue weighted by Gasteiger charge is 2.14. The fourth-order valence-electron chi connectivity index (χ4n) is 0.882. The summed E-state index contributed by atoms with van der Waals surface area (Å²) in [7, 11) is 0. The number of halogens is 1. The Kier molecular flexibility index (Phi) is 3.89. The van der Waals surface area contributed by atoms with Gasteiger partial charge in [0.05, 0.1) is 0 Å². The number of nitrogens with two attached hydrogens (primary N) is 1. The van der Waals surface area contributed by atoms with Gasteiger partial charge in [-0.2, -0.15) is 0 Å². The first-order valence-corrected chi connectivity index (χ1v) is 5.38. The fourth-order valence-corrected chi connectivity index (χ4v) is 1.12. The molecule has 4 heteroatoms. The van der Waals surface area contributed by atoms with Gasteiger partial charge in [0.2, 0.25) is 0 Å². The summed E-state index contributed by atoms with van der Waals surface area (Å²) >= 11 is 3.34. The van der Waals surface area contributed by atoms with Crippen molar-refractivity contribution in [2.75, 3.05) is 18.4 Å². The summed E-state index contributed by atoms with van der Waals surface area (Å²) in [5, 5.41) is 3.25. The van der Waals surface area contributed by atoms with Gasteiger partial charge in [-0.3, -0.25) is 0 Å². The van der Waals surface area contributed by atoms with E-state index >= 15 is 0 Å². The number of hydrogen-bond acceptors (Lipinski definition) is 3. The molecule has 3 N–H and O–H groups in total. The molecule has 78 valence electrons. The molecule has 1 rings (SSSR count). The van der Waals surface area contributed by atoms with E-state index in [1.54, 1.807) is 6.20 Å². The number of nitrogens with one attached hydrogen (secondary N) is 1. The van der Waals surface area contributed by atoms with Crippen molar-refractivity contribution in [2.45, 2.75) is 13.8 Å². The molecule has 3 nitrogen and oxygen atoms in total. The van der Waals surface area contributed by atoms with Crippen LogP contribution >= 0.6 is 15.9 Å². The molecule has 0 unspecified atom stereocenters. The third-order valence-corrected chi connectivity index (χ3v) is 2.50. The lowest BCUT2D eigenvalue weighted by atomic mass is 9.94. The molecule has 0 atom stereocenters. The van der Waals surface area contributed by atoms with Gasteiger partial charge in [-0.25, -0.2) is 4.98 Å². The first-order valence-electron chi connectivity index (χ1n) is 4.59. The van der Waals surface area contributed by atoms with E-state index in [2.05, 4.69) is 40.1 Å². The standard InChI is InChI=1S/C10H16BrN3/c1-10(2,6-12)7-14-9-4-3-8(11)5-13-9/h3-5H,6-7,12H2,1-2H3,(H,13,14). The van der Waals surface area contributed by atoms with Gasteiger partial charge in [0.15, 0.2) is 0 Å². The number of nitrogens with zero attached hydrogens (tertiary/aromatic N) is 1. The maximum Gasteiger partial charge on any atom is 0.125 e. The number of aromatic nitrogens is 1. The minimum absolute atomic E-state index is 0.106. The molecule has 0 amide bonds. The molecule has 0 saturated heterocycles. The summed E-state index contributed by atoms with van der Waals surface area (Å²) in [4.78, 5) is 4.22. The van der Waals surface area contributed by atoms with E-state index in [9.17, 15) is 0 Å². The summed E-state index contributed by atoms with van der Waals surface area (Å²) in [6.07, 6.45) is 1.78. The smallest absolute Gasteiger partial charge is 0.125 e. The molecular weight excluding hydrogens is 242 g/mol. The van der Waals surface area contributed by atoms with Crippen LogP contribution in [0.3, 0.4) is 0 Å². The van der Waals surface area contributed by atoms with E-state index in [-0.39, 0.29) is 5.41 Å². The lowest BCUT2D eigenvalue weighted by Gasteiger charge is -2.22. The van der Waals surface area contributed by atoms with Crippen molar-refractivity contribution in [2.24, 2.45) is 11.1 Å². The summed E-state index contributed by atoms with van der Waals surface area (Å²) in [5.41, 5.74) is 5.73. The second kappa shape index (κ2) is 4.75. The predicted octanol–water partition coefficient (Wildman–Crippen LogP) is 2.24. The molecule has 0 saturated carbocycles. The van der Waals surface area contributed by atoms with Crippen LogP contribution in [0.2, 0.25) is 0 Å². The van der Waals surface area contributed by atoms with Gasteiger partial charge in [0.25, 0.3) is 0 Å². The average molecular weight is 258 g/mol. The number of anilines is 1. The fraction of sp³-hybridized carbons (Fsp3) is 0.500. The van der Waals surface area contributed by atoms with Crippen LogP contribution in [-0.2, 0) is 0 Å². The van der Waals surface area contributed by atoms with Crippen LogP contribution in [0.4, 0.5) is 5.82 Å². The Morgan fingerprint density at radius 1 is 1.50 bits per heavy atom. The highest BCUT2D eigenvalue weighted by molar-refractivity contribution is 9.10. The monoisotopic (exact) mass is 257 g/mol. The molecule has 0 aliphatic rings. The van der Waals surface area contributed by atoms with Gasteiger partial charge in [0.1, 0.15) is 5.82 Å². The molecule has 0 aliphatic carbocycles. The Hall–Kier alpha value is -0.610. The van der Waals surface area contributed by atoms with Crippen molar-refractivity contribution in [3.8, 4) is 0 Å². The van der Waals surface area contributed by atoms with Crippen LogP contribution in [0.15, 0.2) is 22.8 Å². The Labute approximate surface area is 93.2 Å². The number of pyridine rings is 1. The molecule has 0 bridgehead atoms. The normalized spacial score (nSPS) is 11.4. The predicted molar refractivity (Wildman–Crippen MR) is 63.3 cm³/mol. The summed E-state index contributed by atoms with van der Waals surface area (Å²) in [6.45, 7) is 5.74. The zero-order chi connectivity index (χ0) is 10.6. The quantitative estimate of drug-likeness (QED) is 0.870. The van der Waals surface area contributed by atoms with Crippen LogP contribution in [0, 0.1) is 5.41 Å². The molecule has 0 aliphatic heterocycles. The first-order chi connectivity index (χ1) is 6.53. The maximum absolute atomic E-state index is 5.63. The molecule has 1 heterocycles. The molecule has 0 fully saturated rings. The van der Waals surface area contributed by atoms with Gasteiger partial charge in [-0.15, -0.1) is 0 Å². The maximum atomic E-state index is 5.63. The van der Waals surface area contributed by atoms with E-state index < -0.39 is 0 Å². The highest BCUT2D eigenvalue weighted by Crippen LogP contribution is 2.15. The Morgan fingerprint density at radius 3 is 2.71 bits per heavy atom. The number of hydrogen-bond donors (Lipinski definition) is 2. The van der Waals surface area contributed by atoms with Gasteiger partial charge >= 0.3 is 0 Å². The highest BCUT2D eigenvalue weighted by atomic mass is 79.9. The zero-order valence-corrected chi connectivity index (χ0v) is 10.1. The van der Waals surface area contributed by atoms with Crippen molar-refractivity contribution in [1.82, 2.24) is 4.98 Å². The summed E-state index contributed by atoms with van der Waals surface area (Å²) in [6, 6.07) is 3.90. The van der Waals surface area contributed by atoms with E-state index in [1.807, 2.05) is 12.1 Å². The van der Waals surface area contributed by atoms with E-state index in [1.165, 1.54) is 0 Å². The topological polar surface area (TPSA) is 50.9 Å². The van der Waals surface area contributed by atoms with Crippen molar-refractivity contribution in [3.05, 3.63) is 22.8 Å². The van der Waals surface area contributed by atoms with Crippen molar-refractivity contribution in [3.63, 3.8) is 0 Å². The van der Waals surface area contributed by atoms with E-state index in [0.717, 1.165) is 16.8 Å². The second-order valence-electron chi connectivity index (χ2n) is 4.08. The third-order valence-electron chi connectivity index (χ3n) is 2.03. The molecular formula is C10H16BrN3. The molecule has 0 aromatic carbocycles. The average Bonchev–Trinajstić information content (AvgIpc) is 2.17. The molecule has 14 heavy (non-hydrogen) atoms. The molecule has 0 spiro atoms. The van der Waals surface area contributed by atoms with Gasteiger partial charge in [0, 0.05) is 17.2 Å².